The zero-order valence-corrected chi connectivity index (χ0v) is 17.2. The van der Waals surface area contributed by atoms with Crippen LogP contribution in [0.3, 0.4) is 0 Å². The average molecular weight is 425 g/mol. The van der Waals surface area contributed by atoms with Crippen LogP contribution in [0.15, 0.2) is 10.6 Å². The van der Waals surface area contributed by atoms with Gasteiger partial charge in [-0.05, 0) is 45.1 Å². The van der Waals surface area contributed by atoms with Crippen LogP contribution in [-0.2, 0) is 15.7 Å². The lowest BCUT2D eigenvalue weighted by atomic mass is 9.85. The standard InChI is InChI=1S/C21H26F3N3O3/c1-12-10-16(21(22,23)24)17-18(26-30-19(17)25-12)13-6-8-27(9-7-13)20(28)14-4-3-5-15(11-14)29-2/h10,13-15H,3-9,11H2,1-2H3/t14-,15+/m1/s1. The van der Waals surface area contributed by atoms with Crippen LogP contribution >= 0.6 is 0 Å². The van der Waals surface area contributed by atoms with E-state index in [4.69, 9.17) is 9.26 Å². The molecule has 0 bridgehead atoms. The summed E-state index contributed by atoms with van der Waals surface area (Å²) in [4.78, 5) is 18.8. The number of carbonyl (C=O) groups excluding carboxylic acids is 1. The van der Waals surface area contributed by atoms with Gasteiger partial charge in [-0.3, -0.25) is 4.79 Å². The molecule has 0 radical (unpaired) electrons. The van der Waals surface area contributed by atoms with Gasteiger partial charge in [0.2, 0.25) is 5.91 Å². The number of rotatable bonds is 3. The highest BCUT2D eigenvalue weighted by molar-refractivity contribution is 5.82. The van der Waals surface area contributed by atoms with Crippen molar-refractivity contribution >= 4 is 17.0 Å². The van der Waals surface area contributed by atoms with E-state index >= 15 is 0 Å². The van der Waals surface area contributed by atoms with E-state index in [0.29, 0.717) is 31.6 Å². The molecule has 2 fully saturated rings. The summed E-state index contributed by atoms with van der Waals surface area (Å²) in [6, 6.07) is 1.04. The number of ether oxygens (including phenoxy) is 1. The summed E-state index contributed by atoms with van der Waals surface area (Å²) in [5.74, 6) is -0.0930. The quantitative estimate of drug-likeness (QED) is 0.726. The summed E-state index contributed by atoms with van der Waals surface area (Å²) >= 11 is 0. The predicted molar refractivity (Wildman–Crippen MR) is 103 cm³/mol. The number of pyridine rings is 1. The van der Waals surface area contributed by atoms with E-state index in [9.17, 15) is 18.0 Å². The molecule has 1 aliphatic carbocycles. The number of alkyl halides is 3. The van der Waals surface area contributed by atoms with E-state index in [-0.39, 0.29) is 40.6 Å². The normalized spacial score (nSPS) is 23.8. The average Bonchev–Trinajstić information content (AvgIpc) is 3.15. The summed E-state index contributed by atoms with van der Waals surface area (Å²) in [7, 11) is 1.68. The van der Waals surface area contributed by atoms with E-state index < -0.39 is 11.7 Å². The SMILES string of the molecule is CO[C@H]1CCC[C@@H](C(=O)N2CCC(c3noc4nc(C)cc(C(F)(F)F)c34)CC2)C1. The molecular formula is C21H26F3N3O3. The van der Waals surface area contributed by atoms with Crippen molar-refractivity contribution in [1.82, 2.24) is 15.0 Å². The summed E-state index contributed by atoms with van der Waals surface area (Å²) in [6.07, 6.45) is 0.290. The van der Waals surface area contributed by atoms with Gasteiger partial charge in [0, 0.05) is 37.7 Å². The minimum Gasteiger partial charge on any atom is -0.381 e. The fourth-order valence-corrected chi connectivity index (χ4v) is 4.81. The summed E-state index contributed by atoms with van der Waals surface area (Å²) < 4.78 is 51.4. The highest BCUT2D eigenvalue weighted by atomic mass is 19.4. The van der Waals surface area contributed by atoms with Gasteiger partial charge in [-0.25, -0.2) is 4.98 Å². The molecule has 6 nitrogen and oxygen atoms in total. The smallest absolute Gasteiger partial charge is 0.381 e. The Bertz CT molecular complexity index is 919. The van der Waals surface area contributed by atoms with Gasteiger partial charge in [-0.1, -0.05) is 11.6 Å². The number of likely N-dealkylation sites (tertiary alicyclic amines) is 1. The van der Waals surface area contributed by atoms with E-state index in [2.05, 4.69) is 10.1 Å². The summed E-state index contributed by atoms with van der Waals surface area (Å²) in [5, 5.41) is 3.91. The van der Waals surface area contributed by atoms with Crippen LogP contribution in [0.25, 0.3) is 11.1 Å². The molecule has 4 rings (SSSR count). The van der Waals surface area contributed by atoms with Crippen LogP contribution in [-0.4, -0.2) is 47.3 Å². The van der Waals surface area contributed by atoms with Crippen molar-refractivity contribution in [3.63, 3.8) is 0 Å². The van der Waals surface area contributed by atoms with Crippen LogP contribution in [0.2, 0.25) is 0 Å². The monoisotopic (exact) mass is 425 g/mol. The van der Waals surface area contributed by atoms with Gasteiger partial charge in [0.15, 0.2) is 0 Å². The van der Waals surface area contributed by atoms with E-state index in [1.807, 2.05) is 4.90 Å². The first-order valence-corrected chi connectivity index (χ1v) is 10.4. The van der Waals surface area contributed by atoms with Crippen molar-refractivity contribution in [3.8, 4) is 0 Å². The number of fused-ring (bicyclic) bond motifs is 1. The third-order valence-electron chi connectivity index (χ3n) is 6.41. The van der Waals surface area contributed by atoms with Crippen LogP contribution < -0.4 is 0 Å². The minimum atomic E-state index is -4.51. The van der Waals surface area contributed by atoms with Crippen LogP contribution in [0.4, 0.5) is 13.2 Å². The Hall–Kier alpha value is -2.16. The Morgan fingerprint density at radius 3 is 2.63 bits per heavy atom. The number of halogens is 3. The van der Waals surface area contributed by atoms with E-state index in [0.717, 1.165) is 31.7 Å². The number of methoxy groups -OCH3 is 1. The van der Waals surface area contributed by atoms with Gasteiger partial charge in [-0.2, -0.15) is 13.2 Å². The number of aryl methyl sites for hydroxylation is 1. The minimum absolute atomic E-state index is 0.0304. The lowest BCUT2D eigenvalue weighted by Gasteiger charge is -2.36. The highest BCUT2D eigenvalue weighted by Gasteiger charge is 2.38. The Morgan fingerprint density at radius 1 is 1.23 bits per heavy atom. The Morgan fingerprint density at radius 2 is 1.97 bits per heavy atom. The van der Waals surface area contributed by atoms with Crippen molar-refractivity contribution in [3.05, 3.63) is 23.0 Å². The number of hydrogen-bond donors (Lipinski definition) is 0. The van der Waals surface area contributed by atoms with E-state index in [1.54, 1.807) is 7.11 Å². The topological polar surface area (TPSA) is 68.5 Å². The molecule has 30 heavy (non-hydrogen) atoms. The van der Waals surface area contributed by atoms with Crippen molar-refractivity contribution in [1.29, 1.82) is 0 Å². The van der Waals surface area contributed by atoms with Crippen molar-refractivity contribution in [2.75, 3.05) is 20.2 Å². The Kier molecular flexibility index (Phi) is 5.74. The molecule has 2 aromatic heterocycles. The third-order valence-corrected chi connectivity index (χ3v) is 6.41. The zero-order chi connectivity index (χ0) is 21.5. The molecule has 1 amide bonds. The van der Waals surface area contributed by atoms with Gasteiger partial charge >= 0.3 is 6.18 Å². The molecular weight excluding hydrogens is 399 g/mol. The number of aromatic nitrogens is 2. The summed E-state index contributed by atoms with van der Waals surface area (Å²) in [5.41, 5.74) is -0.301. The molecule has 0 spiro atoms. The second kappa shape index (κ2) is 8.17. The molecule has 2 atom stereocenters. The predicted octanol–water partition coefficient (Wildman–Crippen LogP) is 4.46. The van der Waals surface area contributed by atoms with Gasteiger partial charge in [0.05, 0.1) is 22.7 Å². The maximum atomic E-state index is 13.6. The van der Waals surface area contributed by atoms with E-state index in [1.165, 1.54) is 6.92 Å². The maximum Gasteiger partial charge on any atom is 0.417 e. The molecule has 1 saturated carbocycles. The zero-order valence-electron chi connectivity index (χ0n) is 17.2. The molecule has 2 aromatic rings. The number of hydrogen-bond acceptors (Lipinski definition) is 5. The molecule has 164 valence electrons. The Labute approximate surface area is 172 Å². The first kappa shape index (κ1) is 21.1. The van der Waals surface area contributed by atoms with Gasteiger partial charge < -0.3 is 14.2 Å². The second-order valence-electron chi connectivity index (χ2n) is 8.38. The molecule has 3 heterocycles. The second-order valence-corrected chi connectivity index (χ2v) is 8.38. The van der Waals surface area contributed by atoms with Crippen molar-refractivity contribution < 1.29 is 27.2 Å². The molecule has 9 heteroatoms. The van der Waals surface area contributed by atoms with Gasteiger partial charge in [0.25, 0.3) is 5.71 Å². The molecule has 0 aromatic carbocycles. The van der Waals surface area contributed by atoms with Crippen molar-refractivity contribution in [2.24, 2.45) is 5.92 Å². The van der Waals surface area contributed by atoms with Crippen LogP contribution in [0.5, 0.6) is 0 Å². The van der Waals surface area contributed by atoms with Gasteiger partial charge in [-0.15, -0.1) is 0 Å². The molecule has 1 aliphatic heterocycles. The number of amides is 1. The summed E-state index contributed by atoms with van der Waals surface area (Å²) in [6.45, 7) is 2.51. The Balaban J connectivity index is 1.49. The molecule has 2 aliphatic rings. The largest absolute Gasteiger partial charge is 0.417 e. The third kappa shape index (κ3) is 4.04. The first-order valence-electron chi connectivity index (χ1n) is 10.4. The number of piperidine rings is 1. The molecule has 0 N–H and O–H groups in total. The highest BCUT2D eigenvalue weighted by Crippen LogP contribution is 2.40. The number of nitrogens with zero attached hydrogens (tertiary/aromatic N) is 3. The molecule has 0 unspecified atom stereocenters. The van der Waals surface area contributed by atoms with Crippen LogP contribution in [0.1, 0.15) is 61.4 Å². The van der Waals surface area contributed by atoms with Crippen molar-refractivity contribution in [2.45, 2.75) is 63.6 Å². The molecule has 1 saturated heterocycles. The fourth-order valence-electron chi connectivity index (χ4n) is 4.81. The van der Waals surface area contributed by atoms with Gasteiger partial charge in [0.1, 0.15) is 0 Å². The fraction of sp³-hybridized carbons (Fsp3) is 0.667. The number of carbonyl (C=O) groups is 1. The lowest BCUT2D eigenvalue weighted by Crippen LogP contribution is -2.43. The van der Waals surface area contributed by atoms with Crippen LogP contribution in [0, 0.1) is 12.8 Å². The first-order chi connectivity index (χ1) is 14.3. The lowest BCUT2D eigenvalue weighted by molar-refractivity contribution is -0.139. The maximum absolute atomic E-state index is 13.6.